The van der Waals surface area contributed by atoms with Crippen molar-refractivity contribution in [1.29, 1.82) is 0 Å². The molecule has 2 aliphatic carbocycles. The van der Waals surface area contributed by atoms with Crippen molar-refractivity contribution < 1.29 is 9.53 Å². The molecule has 2 nitrogen and oxygen atoms in total. The second kappa shape index (κ2) is 6.58. The molecule has 0 bridgehead atoms. The minimum Gasteiger partial charge on any atom is -0.462 e. The van der Waals surface area contributed by atoms with Gasteiger partial charge in [0.05, 0.1) is 5.92 Å². The highest BCUT2D eigenvalue weighted by Crippen LogP contribution is 2.31. The van der Waals surface area contributed by atoms with Crippen molar-refractivity contribution in [2.45, 2.75) is 77.7 Å². The minimum absolute atomic E-state index is 0.0833. The van der Waals surface area contributed by atoms with E-state index in [9.17, 15) is 4.79 Å². The van der Waals surface area contributed by atoms with E-state index in [2.05, 4.69) is 13.8 Å². The zero-order valence-corrected chi connectivity index (χ0v) is 12.0. The molecule has 104 valence electrons. The molecule has 0 aliphatic heterocycles. The van der Waals surface area contributed by atoms with Crippen LogP contribution in [0.2, 0.25) is 0 Å². The van der Waals surface area contributed by atoms with Crippen LogP contribution >= 0.6 is 0 Å². The molecule has 1 atom stereocenters. The Hall–Kier alpha value is -0.530. The number of ether oxygens (including phenoxy) is 1. The Morgan fingerprint density at radius 1 is 1.00 bits per heavy atom. The van der Waals surface area contributed by atoms with Crippen LogP contribution in [0.1, 0.15) is 71.6 Å². The minimum atomic E-state index is 0.0833. The Kier molecular flexibility index (Phi) is 5.08. The molecule has 0 amide bonds. The number of hydrogen-bond acceptors (Lipinski definition) is 2. The maximum Gasteiger partial charge on any atom is 0.309 e. The summed E-state index contributed by atoms with van der Waals surface area (Å²) < 4.78 is 5.73. The maximum atomic E-state index is 12.1. The van der Waals surface area contributed by atoms with Crippen LogP contribution in [0.25, 0.3) is 0 Å². The summed E-state index contributed by atoms with van der Waals surface area (Å²) in [6, 6.07) is 0. The van der Waals surface area contributed by atoms with E-state index in [1.165, 1.54) is 44.9 Å². The number of carbonyl (C=O) groups excluding carboxylic acids is 1. The topological polar surface area (TPSA) is 26.3 Å². The van der Waals surface area contributed by atoms with Crippen molar-refractivity contribution >= 4 is 5.97 Å². The average molecular weight is 252 g/mol. The van der Waals surface area contributed by atoms with Gasteiger partial charge >= 0.3 is 5.97 Å². The van der Waals surface area contributed by atoms with Gasteiger partial charge in [-0.1, -0.05) is 26.2 Å². The van der Waals surface area contributed by atoms with E-state index in [-0.39, 0.29) is 18.0 Å². The Morgan fingerprint density at radius 3 is 2.22 bits per heavy atom. The van der Waals surface area contributed by atoms with E-state index in [4.69, 9.17) is 4.74 Å². The normalized spacial score (nSPS) is 31.9. The SMILES string of the molecule is CC1CCC(C(=O)OC(C)C2CCCCC2)CC1. The van der Waals surface area contributed by atoms with E-state index < -0.39 is 0 Å². The van der Waals surface area contributed by atoms with Crippen LogP contribution in [0, 0.1) is 17.8 Å². The van der Waals surface area contributed by atoms with Gasteiger partial charge in [0.15, 0.2) is 0 Å². The molecule has 0 N–H and O–H groups in total. The van der Waals surface area contributed by atoms with Crippen LogP contribution in [0.5, 0.6) is 0 Å². The Bertz CT molecular complexity index is 260. The van der Waals surface area contributed by atoms with Crippen LogP contribution in [-0.2, 0) is 9.53 Å². The molecule has 0 aromatic heterocycles. The van der Waals surface area contributed by atoms with Crippen molar-refractivity contribution in [2.75, 3.05) is 0 Å². The molecule has 0 saturated heterocycles. The van der Waals surface area contributed by atoms with E-state index in [1.807, 2.05) is 0 Å². The zero-order chi connectivity index (χ0) is 13.0. The first-order chi connectivity index (χ1) is 8.66. The van der Waals surface area contributed by atoms with E-state index >= 15 is 0 Å². The largest absolute Gasteiger partial charge is 0.462 e. The molecule has 0 radical (unpaired) electrons. The predicted molar refractivity (Wildman–Crippen MR) is 73.3 cm³/mol. The van der Waals surface area contributed by atoms with E-state index in [1.54, 1.807) is 0 Å². The molecule has 2 heteroatoms. The Morgan fingerprint density at radius 2 is 1.61 bits per heavy atom. The monoisotopic (exact) mass is 252 g/mol. The summed E-state index contributed by atoms with van der Waals surface area (Å²) in [6.07, 6.45) is 11.1. The molecule has 0 spiro atoms. The number of carbonyl (C=O) groups is 1. The predicted octanol–water partition coefficient (Wildman–Crippen LogP) is 4.32. The average Bonchev–Trinajstić information content (AvgIpc) is 2.40. The van der Waals surface area contributed by atoms with Crippen molar-refractivity contribution in [3.05, 3.63) is 0 Å². The smallest absolute Gasteiger partial charge is 0.309 e. The molecule has 2 saturated carbocycles. The molecular formula is C16H28O2. The molecule has 2 aliphatic rings. The molecular weight excluding hydrogens is 224 g/mol. The van der Waals surface area contributed by atoms with Gasteiger partial charge in [-0.3, -0.25) is 4.79 Å². The van der Waals surface area contributed by atoms with Gasteiger partial charge in [0.2, 0.25) is 0 Å². The first-order valence-corrected chi connectivity index (χ1v) is 7.87. The van der Waals surface area contributed by atoms with Gasteiger partial charge < -0.3 is 4.74 Å². The lowest BCUT2D eigenvalue weighted by Gasteiger charge is -2.30. The Labute approximate surface area is 111 Å². The molecule has 2 rings (SSSR count). The van der Waals surface area contributed by atoms with Crippen LogP contribution in [0.3, 0.4) is 0 Å². The van der Waals surface area contributed by atoms with Gasteiger partial charge in [0.25, 0.3) is 0 Å². The van der Waals surface area contributed by atoms with Crippen molar-refractivity contribution in [3.8, 4) is 0 Å². The van der Waals surface area contributed by atoms with Gasteiger partial charge in [-0.2, -0.15) is 0 Å². The van der Waals surface area contributed by atoms with Crippen LogP contribution < -0.4 is 0 Å². The van der Waals surface area contributed by atoms with Crippen LogP contribution in [0.15, 0.2) is 0 Å². The highest BCUT2D eigenvalue weighted by Gasteiger charge is 2.29. The second-order valence-electron chi connectivity index (χ2n) is 6.50. The zero-order valence-electron chi connectivity index (χ0n) is 12.0. The third-order valence-electron chi connectivity index (χ3n) is 4.96. The second-order valence-corrected chi connectivity index (χ2v) is 6.50. The molecule has 0 aromatic rings. The summed E-state index contributed by atoms with van der Waals surface area (Å²) in [5.74, 6) is 1.68. The van der Waals surface area contributed by atoms with E-state index in [0.717, 1.165) is 18.8 Å². The lowest BCUT2D eigenvalue weighted by atomic mass is 9.83. The van der Waals surface area contributed by atoms with Gasteiger partial charge in [-0.05, 0) is 57.3 Å². The lowest BCUT2D eigenvalue weighted by Crippen LogP contribution is -2.30. The highest BCUT2D eigenvalue weighted by molar-refractivity contribution is 5.72. The summed E-state index contributed by atoms with van der Waals surface area (Å²) in [5, 5.41) is 0. The van der Waals surface area contributed by atoms with Gasteiger partial charge in [0, 0.05) is 0 Å². The van der Waals surface area contributed by atoms with Gasteiger partial charge in [0.1, 0.15) is 6.10 Å². The summed E-state index contributed by atoms with van der Waals surface area (Å²) >= 11 is 0. The summed E-state index contributed by atoms with van der Waals surface area (Å²) in [4.78, 5) is 12.1. The third-order valence-corrected chi connectivity index (χ3v) is 4.96. The van der Waals surface area contributed by atoms with Crippen molar-refractivity contribution in [1.82, 2.24) is 0 Å². The van der Waals surface area contributed by atoms with E-state index in [0.29, 0.717) is 5.92 Å². The quantitative estimate of drug-likeness (QED) is 0.699. The van der Waals surface area contributed by atoms with Crippen LogP contribution in [-0.4, -0.2) is 12.1 Å². The van der Waals surface area contributed by atoms with Gasteiger partial charge in [-0.15, -0.1) is 0 Å². The molecule has 0 heterocycles. The third kappa shape index (κ3) is 3.73. The highest BCUT2D eigenvalue weighted by atomic mass is 16.5. The Balaban J connectivity index is 1.75. The number of hydrogen-bond donors (Lipinski definition) is 0. The van der Waals surface area contributed by atoms with Gasteiger partial charge in [-0.25, -0.2) is 0 Å². The number of rotatable bonds is 3. The summed E-state index contributed by atoms with van der Waals surface area (Å²) in [6.45, 7) is 4.38. The van der Waals surface area contributed by atoms with Crippen molar-refractivity contribution in [3.63, 3.8) is 0 Å². The lowest BCUT2D eigenvalue weighted by molar-refractivity contribution is -0.157. The van der Waals surface area contributed by atoms with Crippen LogP contribution in [0.4, 0.5) is 0 Å². The fourth-order valence-electron chi connectivity index (χ4n) is 3.48. The number of esters is 1. The molecule has 18 heavy (non-hydrogen) atoms. The molecule has 1 unspecified atom stereocenters. The maximum absolute atomic E-state index is 12.1. The standard InChI is InChI=1S/C16H28O2/c1-12-8-10-15(11-9-12)16(17)18-13(2)14-6-4-3-5-7-14/h12-15H,3-11H2,1-2H3. The molecule has 0 aromatic carbocycles. The fraction of sp³-hybridized carbons (Fsp3) is 0.938. The first-order valence-electron chi connectivity index (χ1n) is 7.87. The summed E-state index contributed by atoms with van der Waals surface area (Å²) in [7, 11) is 0. The van der Waals surface area contributed by atoms with Crippen molar-refractivity contribution in [2.24, 2.45) is 17.8 Å². The first kappa shape index (κ1) is 13.9. The summed E-state index contributed by atoms with van der Waals surface area (Å²) in [5.41, 5.74) is 0. The fourth-order valence-corrected chi connectivity index (χ4v) is 3.48. The molecule has 2 fully saturated rings.